The third kappa shape index (κ3) is 6.24. The van der Waals surface area contributed by atoms with Crippen LogP contribution in [0.4, 0.5) is 0 Å². The van der Waals surface area contributed by atoms with Crippen molar-refractivity contribution >= 4 is 23.0 Å². The molecule has 0 aliphatic rings. The van der Waals surface area contributed by atoms with Crippen molar-refractivity contribution in [1.29, 1.82) is 0 Å². The lowest BCUT2D eigenvalue weighted by atomic mass is 10.2. The molecule has 2 amide bonds. The second-order valence-corrected chi connectivity index (χ2v) is 8.51. The predicted molar refractivity (Wildman–Crippen MR) is 146 cm³/mol. The van der Waals surface area contributed by atoms with Crippen molar-refractivity contribution < 1.29 is 19.1 Å². The maximum absolute atomic E-state index is 13.3. The van der Waals surface area contributed by atoms with Crippen molar-refractivity contribution in [1.82, 2.24) is 30.2 Å². The summed E-state index contributed by atoms with van der Waals surface area (Å²) in [5, 5.41) is 5.53. The number of nitrogens with one attached hydrogen (secondary N) is 3. The average molecular weight is 534 g/mol. The first-order valence-electron chi connectivity index (χ1n) is 12.6. The van der Waals surface area contributed by atoms with E-state index >= 15 is 0 Å². The number of fused-ring (bicyclic) bond motifs is 1. The molecule has 0 aliphatic carbocycles. The van der Waals surface area contributed by atoms with E-state index in [1.807, 2.05) is 6.92 Å². The van der Waals surface area contributed by atoms with E-state index in [4.69, 9.17) is 15.2 Å². The van der Waals surface area contributed by atoms with Crippen molar-refractivity contribution in [2.75, 3.05) is 33.4 Å². The molecule has 2 heterocycles. The van der Waals surface area contributed by atoms with Crippen molar-refractivity contribution in [3.05, 3.63) is 64.7 Å². The highest BCUT2D eigenvalue weighted by molar-refractivity contribution is 6.03. The summed E-state index contributed by atoms with van der Waals surface area (Å²) < 4.78 is 12.4. The number of imidazole rings is 1. The number of carbonyl (C=O) groups excluding carboxylic acids is 2. The summed E-state index contributed by atoms with van der Waals surface area (Å²) in [6.45, 7) is 3.16. The first-order valence-corrected chi connectivity index (χ1v) is 12.6. The quantitative estimate of drug-likeness (QED) is 0.200. The Balaban J connectivity index is 1.71. The Kier molecular flexibility index (Phi) is 8.90. The summed E-state index contributed by atoms with van der Waals surface area (Å²) in [6.07, 6.45) is 1.28. The SMILES string of the molecule is CCOc1ccc(-c2nc(C(=O)NCCCCNC(=O)CN)c3[nH]c(=O)n(-c4ccccc4OC)c3n2)cc1. The van der Waals surface area contributed by atoms with Gasteiger partial charge in [0.1, 0.15) is 17.0 Å². The predicted octanol–water partition coefficient (Wildman–Crippen LogP) is 1.77. The van der Waals surface area contributed by atoms with Gasteiger partial charge in [0.2, 0.25) is 5.91 Å². The molecule has 2 aromatic carbocycles. The van der Waals surface area contributed by atoms with E-state index < -0.39 is 11.6 Å². The highest BCUT2D eigenvalue weighted by atomic mass is 16.5. The van der Waals surface area contributed by atoms with Crippen molar-refractivity contribution in [2.24, 2.45) is 5.73 Å². The van der Waals surface area contributed by atoms with Gasteiger partial charge in [0.05, 0.1) is 25.9 Å². The van der Waals surface area contributed by atoms with Crippen LogP contribution in [0.5, 0.6) is 11.5 Å². The van der Waals surface area contributed by atoms with E-state index in [-0.39, 0.29) is 35.1 Å². The molecule has 0 fully saturated rings. The van der Waals surface area contributed by atoms with Crippen LogP contribution in [-0.4, -0.2) is 64.7 Å². The number of ether oxygens (including phenoxy) is 2. The van der Waals surface area contributed by atoms with E-state index in [2.05, 4.69) is 25.6 Å². The van der Waals surface area contributed by atoms with Gasteiger partial charge >= 0.3 is 5.69 Å². The summed E-state index contributed by atoms with van der Waals surface area (Å²) >= 11 is 0. The molecule has 0 aliphatic heterocycles. The molecule has 12 heteroatoms. The molecule has 0 unspecified atom stereocenters. The molecule has 0 radical (unpaired) electrons. The molecule has 0 atom stereocenters. The fraction of sp³-hybridized carbons (Fsp3) is 0.296. The zero-order valence-electron chi connectivity index (χ0n) is 21.8. The van der Waals surface area contributed by atoms with Gasteiger partial charge in [0, 0.05) is 18.7 Å². The highest BCUT2D eigenvalue weighted by Crippen LogP contribution is 2.27. The number of aromatic amines is 1. The van der Waals surface area contributed by atoms with Crippen molar-refractivity contribution in [3.63, 3.8) is 0 Å². The number of amides is 2. The molecule has 0 saturated heterocycles. The molecule has 0 saturated carbocycles. The molecule has 2 aromatic heterocycles. The van der Waals surface area contributed by atoms with Crippen LogP contribution in [0.15, 0.2) is 53.3 Å². The Labute approximate surface area is 224 Å². The minimum absolute atomic E-state index is 0.0334. The summed E-state index contributed by atoms with van der Waals surface area (Å²) in [5.74, 6) is 0.731. The van der Waals surface area contributed by atoms with Gasteiger partial charge in [-0.2, -0.15) is 0 Å². The second-order valence-electron chi connectivity index (χ2n) is 8.51. The smallest absolute Gasteiger partial charge is 0.332 e. The lowest BCUT2D eigenvalue weighted by Crippen LogP contribution is -2.31. The van der Waals surface area contributed by atoms with E-state index in [0.29, 0.717) is 55.3 Å². The van der Waals surface area contributed by atoms with Crippen LogP contribution in [0, 0.1) is 0 Å². The minimum Gasteiger partial charge on any atom is -0.495 e. The van der Waals surface area contributed by atoms with Gasteiger partial charge in [-0.1, -0.05) is 12.1 Å². The van der Waals surface area contributed by atoms with Gasteiger partial charge in [-0.25, -0.2) is 19.3 Å². The number of H-pyrrole nitrogens is 1. The van der Waals surface area contributed by atoms with E-state index in [0.717, 1.165) is 0 Å². The van der Waals surface area contributed by atoms with Crippen LogP contribution in [0.2, 0.25) is 0 Å². The summed E-state index contributed by atoms with van der Waals surface area (Å²) in [4.78, 5) is 49.7. The van der Waals surface area contributed by atoms with E-state index in [1.54, 1.807) is 48.5 Å². The first-order chi connectivity index (χ1) is 19.0. The molecule has 12 nitrogen and oxygen atoms in total. The summed E-state index contributed by atoms with van der Waals surface area (Å²) in [6, 6.07) is 14.2. The molecule has 0 bridgehead atoms. The highest BCUT2D eigenvalue weighted by Gasteiger charge is 2.22. The van der Waals surface area contributed by atoms with Crippen LogP contribution < -0.4 is 31.5 Å². The number of nitrogens with zero attached hydrogens (tertiary/aromatic N) is 3. The number of unbranched alkanes of at least 4 members (excludes halogenated alkanes) is 1. The topological polar surface area (TPSA) is 166 Å². The number of aromatic nitrogens is 4. The monoisotopic (exact) mass is 533 g/mol. The molecular formula is C27H31N7O5. The van der Waals surface area contributed by atoms with Crippen LogP contribution in [-0.2, 0) is 4.79 Å². The Bertz CT molecular complexity index is 1510. The minimum atomic E-state index is -0.489. The van der Waals surface area contributed by atoms with E-state index in [1.165, 1.54) is 11.7 Å². The molecule has 4 aromatic rings. The number of hydrogen-bond acceptors (Lipinski definition) is 8. The molecule has 204 valence electrons. The normalized spacial score (nSPS) is 10.8. The second kappa shape index (κ2) is 12.7. The average Bonchev–Trinajstić information content (AvgIpc) is 3.29. The molecule has 5 N–H and O–H groups in total. The maximum atomic E-state index is 13.3. The number of carbonyl (C=O) groups is 2. The fourth-order valence-electron chi connectivity index (χ4n) is 4.02. The molecule has 4 rings (SSSR count). The Morgan fingerprint density at radius 2 is 1.74 bits per heavy atom. The zero-order valence-corrected chi connectivity index (χ0v) is 21.8. The maximum Gasteiger partial charge on any atom is 0.332 e. The number of para-hydroxylation sites is 2. The largest absolute Gasteiger partial charge is 0.495 e. The number of rotatable bonds is 12. The number of nitrogens with two attached hydrogens (primary N) is 1. The van der Waals surface area contributed by atoms with Gasteiger partial charge in [-0.3, -0.25) is 9.59 Å². The van der Waals surface area contributed by atoms with Crippen LogP contribution in [0.25, 0.3) is 28.2 Å². The van der Waals surface area contributed by atoms with Gasteiger partial charge in [0.25, 0.3) is 5.91 Å². The Morgan fingerprint density at radius 3 is 2.44 bits per heavy atom. The van der Waals surface area contributed by atoms with Gasteiger partial charge in [-0.05, 0) is 56.2 Å². The third-order valence-electron chi connectivity index (χ3n) is 5.90. The third-order valence-corrected chi connectivity index (χ3v) is 5.90. The van der Waals surface area contributed by atoms with Crippen LogP contribution >= 0.6 is 0 Å². The standard InChI is InChI=1S/C27H31N7O5/c1-3-39-18-12-10-17(11-13-18)24-31-23(26(36)30-15-7-6-14-29-21(35)16-28)22-25(33-24)34(27(37)32-22)19-8-4-5-9-20(19)38-2/h4-5,8-13H,3,6-7,14-16,28H2,1-2H3,(H,29,35)(H,30,36)(H,32,37). The van der Waals surface area contributed by atoms with E-state index in [9.17, 15) is 14.4 Å². The van der Waals surface area contributed by atoms with Crippen LogP contribution in [0.1, 0.15) is 30.3 Å². The van der Waals surface area contributed by atoms with Gasteiger partial charge in [-0.15, -0.1) is 0 Å². The number of hydrogen-bond donors (Lipinski definition) is 4. The number of benzene rings is 2. The fourth-order valence-corrected chi connectivity index (χ4v) is 4.02. The van der Waals surface area contributed by atoms with Gasteiger partial charge in [0.15, 0.2) is 17.2 Å². The molecule has 39 heavy (non-hydrogen) atoms. The van der Waals surface area contributed by atoms with Crippen molar-refractivity contribution in [3.8, 4) is 28.6 Å². The lowest BCUT2D eigenvalue weighted by molar-refractivity contribution is -0.119. The lowest BCUT2D eigenvalue weighted by Gasteiger charge is -2.11. The Morgan fingerprint density at radius 1 is 1.03 bits per heavy atom. The Hall–Kier alpha value is -4.71. The summed E-state index contributed by atoms with van der Waals surface area (Å²) in [5.41, 5.74) is 6.38. The molecular weight excluding hydrogens is 502 g/mol. The van der Waals surface area contributed by atoms with Crippen molar-refractivity contribution in [2.45, 2.75) is 19.8 Å². The zero-order chi connectivity index (χ0) is 27.8. The number of methoxy groups -OCH3 is 1. The first kappa shape index (κ1) is 27.3. The molecule has 0 spiro atoms. The van der Waals surface area contributed by atoms with Crippen LogP contribution in [0.3, 0.4) is 0 Å². The summed E-state index contributed by atoms with van der Waals surface area (Å²) in [7, 11) is 1.51. The van der Waals surface area contributed by atoms with Gasteiger partial charge < -0.3 is 30.8 Å².